The molecule has 2 heterocycles. The molecular formula is C29H31BrF3N3O5. The summed E-state index contributed by atoms with van der Waals surface area (Å²) in [5.41, 5.74) is -0.758. The number of aromatic nitrogens is 1. The van der Waals surface area contributed by atoms with Gasteiger partial charge in [-0.05, 0) is 59.3 Å². The highest BCUT2D eigenvalue weighted by Crippen LogP contribution is 2.40. The van der Waals surface area contributed by atoms with E-state index in [9.17, 15) is 4.39 Å². The SMILES string of the molecule is COc1ccc(CN(Cc2ccc(OC)cc2OC)C2=N[C@](C)(c3nc(Br)ccc3F)[C@@H](F)[C@@H](CF)O2)c(OC)c1. The van der Waals surface area contributed by atoms with Crippen molar-refractivity contribution < 1.29 is 36.9 Å². The fourth-order valence-corrected chi connectivity index (χ4v) is 4.93. The molecule has 0 radical (unpaired) electrons. The molecule has 0 amide bonds. The third kappa shape index (κ3) is 6.32. The Kier molecular flexibility index (Phi) is 9.52. The minimum atomic E-state index is -2.03. The molecule has 12 heteroatoms. The lowest BCUT2D eigenvalue weighted by Crippen LogP contribution is -2.52. The Morgan fingerprint density at radius 2 is 1.46 bits per heavy atom. The smallest absolute Gasteiger partial charge is 0.289 e. The number of hydrogen-bond acceptors (Lipinski definition) is 8. The van der Waals surface area contributed by atoms with Crippen LogP contribution < -0.4 is 18.9 Å². The lowest BCUT2D eigenvalue weighted by molar-refractivity contribution is -0.0115. The summed E-state index contributed by atoms with van der Waals surface area (Å²) in [6.45, 7) is 0.487. The van der Waals surface area contributed by atoms with Crippen molar-refractivity contribution >= 4 is 22.0 Å². The first-order chi connectivity index (χ1) is 19.7. The number of benzene rings is 2. The molecule has 0 N–H and O–H groups in total. The predicted octanol–water partition coefficient (Wildman–Crippen LogP) is 6.00. The van der Waals surface area contributed by atoms with Gasteiger partial charge >= 0.3 is 0 Å². The Balaban J connectivity index is 1.86. The fraction of sp³-hybridized carbons (Fsp3) is 0.379. The van der Waals surface area contributed by atoms with Crippen molar-refractivity contribution in [2.45, 2.75) is 37.8 Å². The molecule has 1 aliphatic rings. The summed E-state index contributed by atoms with van der Waals surface area (Å²) in [6, 6.07) is 13.0. The van der Waals surface area contributed by atoms with E-state index in [2.05, 4.69) is 25.9 Å². The Hall–Kier alpha value is -3.67. The summed E-state index contributed by atoms with van der Waals surface area (Å²) in [7, 11) is 6.13. The highest BCUT2D eigenvalue weighted by molar-refractivity contribution is 9.10. The lowest BCUT2D eigenvalue weighted by Gasteiger charge is -2.40. The van der Waals surface area contributed by atoms with E-state index in [-0.39, 0.29) is 29.4 Å². The Morgan fingerprint density at radius 1 is 0.902 bits per heavy atom. The molecule has 1 aromatic heterocycles. The van der Waals surface area contributed by atoms with E-state index in [4.69, 9.17) is 23.7 Å². The number of amidine groups is 1. The van der Waals surface area contributed by atoms with Crippen LogP contribution in [0.25, 0.3) is 0 Å². The molecule has 0 saturated heterocycles. The van der Waals surface area contributed by atoms with Gasteiger partial charge in [-0.15, -0.1) is 0 Å². The van der Waals surface area contributed by atoms with Crippen molar-refractivity contribution in [2.24, 2.45) is 4.99 Å². The van der Waals surface area contributed by atoms with Crippen molar-refractivity contribution in [3.05, 3.63) is 75.8 Å². The molecule has 0 spiro atoms. The topological polar surface area (TPSA) is 74.6 Å². The zero-order chi connectivity index (χ0) is 29.7. The summed E-state index contributed by atoms with van der Waals surface area (Å²) in [5, 5.41) is 0. The number of methoxy groups -OCH3 is 4. The zero-order valence-corrected chi connectivity index (χ0v) is 24.9. The Bertz CT molecular complexity index is 1350. The van der Waals surface area contributed by atoms with Crippen LogP contribution in [0, 0.1) is 5.82 Å². The van der Waals surface area contributed by atoms with E-state index in [0.29, 0.717) is 34.1 Å². The van der Waals surface area contributed by atoms with Gasteiger partial charge in [0.1, 0.15) is 51.3 Å². The van der Waals surface area contributed by atoms with Crippen molar-refractivity contribution in [3.63, 3.8) is 0 Å². The molecule has 2 aromatic carbocycles. The van der Waals surface area contributed by atoms with E-state index < -0.39 is 30.3 Å². The predicted molar refractivity (Wildman–Crippen MR) is 151 cm³/mol. The van der Waals surface area contributed by atoms with Gasteiger partial charge < -0.3 is 28.6 Å². The normalized spacial score (nSPS) is 20.1. The van der Waals surface area contributed by atoms with Crippen LogP contribution in [0.5, 0.6) is 23.0 Å². The van der Waals surface area contributed by atoms with E-state index in [1.165, 1.54) is 27.2 Å². The van der Waals surface area contributed by atoms with E-state index in [1.807, 2.05) is 0 Å². The second kappa shape index (κ2) is 12.9. The van der Waals surface area contributed by atoms with Gasteiger partial charge in [0, 0.05) is 23.3 Å². The Morgan fingerprint density at radius 3 is 1.95 bits per heavy atom. The van der Waals surface area contributed by atoms with Crippen LogP contribution in [0.1, 0.15) is 23.7 Å². The molecule has 0 saturated carbocycles. The maximum Gasteiger partial charge on any atom is 0.289 e. The summed E-state index contributed by atoms with van der Waals surface area (Å²) in [4.78, 5) is 10.4. The third-order valence-corrected chi connectivity index (χ3v) is 7.31. The van der Waals surface area contributed by atoms with Gasteiger partial charge in [0.25, 0.3) is 6.02 Å². The van der Waals surface area contributed by atoms with Crippen LogP contribution >= 0.6 is 15.9 Å². The van der Waals surface area contributed by atoms with Crippen molar-refractivity contribution in [2.75, 3.05) is 35.1 Å². The lowest BCUT2D eigenvalue weighted by atomic mass is 9.87. The van der Waals surface area contributed by atoms with E-state index in [0.717, 1.165) is 6.07 Å². The number of ether oxygens (including phenoxy) is 5. The zero-order valence-electron chi connectivity index (χ0n) is 23.3. The maximum atomic E-state index is 15.8. The minimum Gasteiger partial charge on any atom is -0.497 e. The van der Waals surface area contributed by atoms with Crippen molar-refractivity contribution in [1.82, 2.24) is 9.88 Å². The second-order valence-corrected chi connectivity index (χ2v) is 10.2. The molecule has 8 nitrogen and oxygen atoms in total. The van der Waals surface area contributed by atoms with Crippen molar-refractivity contribution in [1.29, 1.82) is 0 Å². The molecule has 0 unspecified atom stereocenters. The summed E-state index contributed by atoms with van der Waals surface area (Å²) in [6.07, 6.45) is -3.59. The fourth-order valence-electron chi connectivity index (χ4n) is 4.62. The standard InChI is InChI=1S/C29H31BrF3N3O5/c1-29(27-21(32)10-11-25(30)34-27)26(33)24(14-31)41-28(35-29)36(15-17-6-8-19(37-2)12-22(17)39-4)16-18-7-9-20(38-3)13-23(18)40-5/h6-13,24,26H,14-16H2,1-5H3/t24-,26+,29+/m1/s1. The molecule has 0 aliphatic carbocycles. The monoisotopic (exact) mass is 637 g/mol. The minimum absolute atomic E-state index is 0.0963. The summed E-state index contributed by atoms with van der Waals surface area (Å²) < 4.78 is 73.0. The Labute approximate surface area is 245 Å². The summed E-state index contributed by atoms with van der Waals surface area (Å²) >= 11 is 3.21. The van der Waals surface area contributed by atoms with E-state index >= 15 is 8.78 Å². The first-order valence-electron chi connectivity index (χ1n) is 12.6. The highest BCUT2D eigenvalue weighted by Gasteiger charge is 2.50. The molecule has 0 bridgehead atoms. The van der Waals surface area contributed by atoms with Gasteiger partial charge in [0.2, 0.25) is 0 Å². The van der Waals surface area contributed by atoms with Crippen LogP contribution in [0.15, 0.2) is 58.1 Å². The highest BCUT2D eigenvalue weighted by atomic mass is 79.9. The molecule has 1 aliphatic heterocycles. The van der Waals surface area contributed by atoms with Crippen LogP contribution in [0.2, 0.25) is 0 Å². The van der Waals surface area contributed by atoms with Crippen LogP contribution in [-0.2, 0) is 23.4 Å². The first kappa shape index (κ1) is 30.3. The van der Waals surface area contributed by atoms with Gasteiger partial charge in [-0.2, -0.15) is 0 Å². The van der Waals surface area contributed by atoms with E-state index in [1.54, 1.807) is 55.5 Å². The molecule has 0 fully saturated rings. The largest absolute Gasteiger partial charge is 0.497 e. The average molecular weight is 638 g/mol. The van der Waals surface area contributed by atoms with Crippen LogP contribution in [0.4, 0.5) is 13.2 Å². The second-order valence-electron chi connectivity index (χ2n) is 9.43. The molecule has 3 atom stereocenters. The van der Waals surface area contributed by atoms with Crippen LogP contribution in [-0.4, -0.2) is 63.3 Å². The first-order valence-corrected chi connectivity index (χ1v) is 13.4. The van der Waals surface area contributed by atoms with Crippen LogP contribution in [0.3, 0.4) is 0 Å². The van der Waals surface area contributed by atoms with Gasteiger partial charge in [-0.3, -0.25) is 0 Å². The number of pyridine rings is 1. The molecule has 4 rings (SSSR count). The van der Waals surface area contributed by atoms with Gasteiger partial charge in [-0.25, -0.2) is 23.1 Å². The molecule has 41 heavy (non-hydrogen) atoms. The third-order valence-electron chi connectivity index (χ3n) is 6.87. The molecule has 3 aromatic rings. The summed E-state index contributed by atoms with van der Waals surface area (Å²) in [5.74, 6) is 1.42. The number of alkyl halides is 2. The number of hydrogen-bond donors (Lipinski definition) is 0. The quantitative estimate of drug-likeness (QED) is 0.253. The van der Waals surface area contributed by atoms with Crippen molar-refractivity contribution in [3.8, 4) is 23.0 Å². The van der Waals surface area contributed by atoms with Gasteiger partial charge in [0.05, 0.1) is 41.5 Å². The average Bonchev–Trinajstić information content (AvgIpc) is 2.99. The number of nitrogens with zero attached hydrogens (tertiary/aromatic N) is 3. The number of rotatable bonds is 10. The van der Waals surface area contributed by atoms with Gasteiger partial charge in [0.15, 0.2) is 12.3 Å². The molecule has 220 valence electrons. The number of halogens is 4. The molecular weight excluding hydrogens is 607 g/mol. The number of aliphatic imine (C=N–C) groups is 1. The van der Waals surface area contributed by atoms with Gasteiger partial charge in [-0.1, -0.05) is 0 Å². The maximum absolute atomic E-state index is 15.8.